The van der Waals surface area contributed by atoms with Crippen molar-refractivity contribution in [3.05, 3.63) is 60.6 Å². The maximum atomic E-state index is 12.3. The molecule has 1 saturated heterocycles. The van der Waals surface area contributed by atoms with Gasteiger partial charge in [0.25, 0.3) is 0 Å². The first-order valence-corrected chi connectivity index (χ1v) is 12.8. The molecule has 194 valence electrons. The number of piperazine rings is 1. The minimum absolute atomic E-state index is 0.329. The van der Waals surface area contributed by atoms with Gasteiger partial charge in [-0.1, -0.05) is 12.1 Å². The van der Waals surface area contributed by atoms with E-state index in [0.717, 1.165) is 68.4 Å². The number of carbonyl (C=O) groups excluding carboxylic acids is 1. The fourth-order valence-electron chi connectivity index (χ4n) is 4.71. The average Bonchev–Trinajstić information content (AvgIpc) is 2.93. The van der Waals surface area contributed by atoms with Gasteiger partial charge in [0, 0.05) is 75.7 Å². The van der Waals surface area contributed by atoms with Crippen LogP contribution in [-0.4, -0.2) is 89.7 Å². The molecule has 3 N–H and O–H groups in total. The zero-order chi connectivity index (χ0) is 25.5. The number of nitrogens with zero attached hydrogens (tertiary/aromatic N) is 5. The zero-order valence-electron chi connectivity index (χ0n) is 21.2. The molecule has 10 nitrogen and oxygen atoms in total. The number of ether oxygens (including phenoxy) is 1. The smallest absolute Gasteiger partial charge is 0.328 e. The van der Waals surface area contributed by atoms with E-state index in [2.05, 4.69) is 65.0 Å². The van der Waals surface area contributed by atoms with Crippen molar-refractivity contribution in [2.45, 2.75) is 19.0 Å². The first-order valence-electron chi connectivity index (χ1n) is 12.8. The summed E-state index contributed by atoms with van der Waals surface area (Å²) in [4.78, 5) is 30.7. The highest BCUT2D eigenvalue weighted by Gasteiger charge is 2.20. The van der Waals surface area contributed by atoms with Crippen molar-refractivity contribution in [3.8, 4) is 11.1 Å². The third-order valence-electron chi connectivity index (χ3n) is 6.82. The molecule has 7 heterocycles. The maximum absolute atomic E-state index is 12.3. The molecule has 0 radical (unpaired) electrons. The molecule has 0 saturated carbocycles. The first kappa shape index (κ1) is 25.1. The number of esters is 1. The first-order chi connectivity index (χ1) is 18.2. The molecule has 37 heavy (non-hydrogen) atoms. The highest BCUT2D eigenvalue weighted by Crippen LogP contribution is 2.23. The molecule has 5 aliphatic rings. The van der Waals surface area contributed by atoms with Crippen LogP contribution < -0.4 is 16.0 Å². The number of benzene rings is 1. The molecule has 8 rings (SSSR count). The van der Waals surface area contributed by atoms with Crippen molar-refractivity contribution in [1.82, 2.24) is 30.1 Å². The lowest BCUT2D eigenvalue weighted by Crippen LogP contribution is -2.47. The molecular weight excluding hydrogens is 468 g/mol. The zero-order valence-corrected chi connectivity index (χ0v) is 21.2. The van der Waals surface area contributed by atoms with Crippen molar-refractivity contribution in [3.63, 3.8) is 0 Å². The van der Waals surface area contributed by atoms with E-state index < -0.39 is 6.04 Å². The Hall–Kier alpha value is -3.60. The van der Waals surface area contributed by atoms with Gasteiger partial charge in [0.2, 0.25) is 5.95 Å². The van der Waals surface area contributed by atoms with E-state index in [-0.39, 0.29) is 5.97 Å². The molecule has 3 aromatic rings. The molecule has 1 atom stereocenters. The van der Waals surface area contributed by atoms with Crippen molar-refractivity contribution >= 4 is 23.4 Å². The van der Waals surface area contributed by atoms with Crippen molar-refractivity contribution in [2.24, 2.45) is 0 Å². The Morgan fingerprint density at radius 1 is 0.946 bits per heavy atom. The van der Waals surface area contributed by atoms with E-state index in [1.54, 1.807) is 18.6 Å². The minimum atomic E-state index is -0.528. The summed E-state index contributed by atoms with van der Waals surface area (Å²) in [5.41, 5.74) is 4.10. The van der Waals surface area contributed by atoms with E-state index in [1.807, 2.05) is 12.1 Å². The van der Waals surface area contributed by atoms with Crippen LogP contribution in [0, 0.1) is 0 Å². The molecule has 0 amide bonds. The lowest BCUT2D eigenvalue weighted by Gasteiger charge is -2.34. The van der Waals surface area contributed by atoms with E-state index in [1.165, 1.54) is 12.7 Å². The maximum Gasteiger partial charge on any atom is 0.328 e. The quantitative estimate of drug-likeness (QED) is 0.429. The third-order valence-corrected chi connectivity index (χ3v) is 6.82. The summed E-state index contributed by atoms with van der Waals surface area (Å²) in [5, 5.41) is 10.0. The summed E-state index contributed by atoms with van der Waals surface area (Å²) in [5.74, 6) is 0.811. The molecule has 0 aliphatic carbocycles. The van der Waals surface area contributed by atoms with Crippen LogP contribution in [0.4, 0.5) is 17.5 Å². The fraction of sp³-hybridized carbons (Fsp3) is 0.407. The van der Waals surface area contributed by atoms with Crippen molar-refractivity contribution in [2.75, 3.05) is 63.6 Å². The molecule has 0 spiro atoms. The van der Waals surface area contributed by atoms with Gasteiger partial charge in [-0.25, -0.2) is 19.7 Å². The summed E-state index contributed by atoms with van der Waals surface area (Å²) >= 11 is 0. The number of rotatable bonds is 1. The van der Waals surface area contributed by atoms with Crippen LogP contribution in [0.2, 0.25) is 0 Å². The Labute approximate surface area is 217 Å². The number of anilines is 3. The van der Waals surface area contributed by atoms with Crippen LogP contribution in [0.1, 0.15) is 12.0 Å². The van der Waals surface area contributed by atoms with Crippen LogP contribution in [-0.2, 0) is 16.1 Å². The van der Waals surface area contributed by atoms with Gasteiger partial charge in [0.15, 0.2) is 0 Å². The summed E-state index contributed by atoms with van der Waals surface area (Å²) in [6.45, 7) is 7.68. The summed E-state index contributed by atoms with van der Waals surface area (Å²) in [6, 6.07) is 11.9. The third kappa shape index (κ3) is 6.79. The van der Waals surface area contributed by atoms with E-state index >= 15 is 0 Å². The predicted molar refractivity (Wildman–Crippen MR) is 144 cm³/mol. The minimum Gasteiger partial charge on any atom is -0.467 e. The molecule has 5 aliphatic heterocycles. The summed E-state index contributed by atoms with van der Waals surface area (Å²) in [6.07, 6.45) is 5.84. The van der Waals surface area contributed by atoms with Crippen LogP contribution >= 0.6 is 0 Å². The molecule has 8 bridgehead atoms. The monoisotopic (exact) mass is 502 g/mol. The van der Waals surface area contributed by atoms with Crippen LogP contribution in [0.5, 0.6) is 0 Å². The van der Waals surface area contributed by atoms with E-state index in [4.69, 9.17) is 4.74 Å². The Morgan fingerprint density at radius 3 is 2.57 bits per heavy atom. The normalized spacial score (nSPS) is 22.5. The lowest BCUT2D eigenvalue weighted by atomic mass is 10.1. The number of carbonyl (C=O) groups is 1. The molecule has 1 aromatic carbocycles. The van der Waals surface area contributed by atoms with Gasteiger partial charge < -0.3 is 20.7 Å². The molecule has 1 fully saturated rings. The standard InChI is InChI=1S/C27H34N8O2/c1-37-26(36)24-6-7-28-9-10-34-11-13-35(14-12-34)19-20-3-2-4-23(15-20)32-25-16-21(5-8-29-25)22-17-30-27(33-24)31-18-22/h2-5,8,15-18,24,28H,6-7,9-14,19H2,1H3,(H,29,32)(H,30,31,33). The van der Waals surface area contributed by atoms with E-state index in [0.29, 0.717) is 18.9 Å². The number of methoxy groups -OCH3 is 1. The van der Waals surface area contributed by atoms with Crippen LogP contribution in [0.15, 0.2) is 55.0 Å². The number of aromatic nitrogens is 3. The largest absolute Gasteiger partial charge is 0.467 e. The molecule has 2 aromatic heterocycles. The second-order valence-electron chi connectivity index (χ2n) is 9.43. The summed E-state index contributed by atoms with van der Waals surface area (Å²) < 4.78 is 5.00. The number of nitrogens with one attached hydrogen (secondary N) is 3. The lowest BCUT2D eigenvalue weighted by molar-refractivity contribution is -0.141. The summed E-state index contributed by atoms with van der Waals surface area (Å²) in [7, 11) is 1.40. The number of hydrogen-bond donors (Lipinski definition) is 3. The Kier molecular flexibility index (Phi) is 8.19. The van der Waals surface area contributed by atoms with Crippen LogP contribution in [0.25, 0.3) is 11.1 Å². The number of pyridine rings is 1. The second kappa shape index (κ2) is 12.1. The van der Waals surface area contributed by atoms with Crippen molar-refractivity contribution < 1.29 is 9.53 Å². The van der Waals surface area contributed by atoms with Gasteiger partial charge in [0.05, 0.1) is 7.11 Å². The van der Waals surface area contributed by atoms with E-state index in [9.17, 15) is 4.79 Å². The Bertz CT molecular complexity index is 1180. The Morgan fingerprint density at radius 2 is 1.76 bits per heavy atom. The van der Waals surface area contributed by atoms with Gasteiger partial charge in [-0.05, 0) is 48.4 Å². The predicted octanol–water partition coefficient (Wildman–Crippen LogP) is 2.35. The highest BCUT2D eigenvalue weighted by atomic mass is 16.5. The molecule has 10 heteroatoms. The van der Waals surface area contributed by atoms with Gasteiger partial charge in [-0.15, -0.1) is 0 Å². The van der Waals surface area contributed by atoms with Gasteiger partial charge in [-0.2, -0.15) is 0 Å². The Balaban J connectivity index is 1.38. The molecule has 1 unspecified atom stereocenters. The highest BCUT2D eigenvalue weighted by molar-refractivity contribution is 5.78. The average molecular weight is 503 g/mol. The topological polar surface area (TPSA) is 108 Å². The SMILES string of the molecule is COC(=O)C1CCNCCN2CCN(CC2)Cc2cccc(c2)Nc2cc(ccn2)-c2cnc(nc2)N1. The van der Waals surface area contributed by atoms with Crippen LogP contribution in [0.3, 0.4) is 0 Å². The van der Waals surface area contributed by atoms with Gasteiger partial charge in [-0.3, -0.25) is 9.80 Å². The van der Waals surface area contributed by atoms with Crippen molar-refractivity contribution in [1.29, 1.82) is 0 Å². The van der Waals surface area contributed by atoms with Gasteiger partial charge >= 0.3 is 5.97 Å². The molecular formula is C27H34N8O2. The fourth-order valence-corrected chi connectivity index (χ4v) is 4.71. The number of hydrogen-bond acceptors (Lipinski definition) is 10. The second-order valence-corrected chi connectivity index (χ2v) is 9.43. The van der Waals surface area contributed by atoms with Gasteiger partial charge in [0.1, 0.15) is 11.9 Å².